The van der Waals surface area contributed by atoms with Crippen LogP contribution in [0.2, 0.25) is 5.15 Å². The summed E-state index contributed by atoms with van der Waals surface area (Å²) in [4.78, 5) is 7.81. The number of hydrogen-bond acceptors (Lipinski definition) is 3. The van der Waals surface area contributed by atoms with Crippen molar-refractivity contribution in [3.8, 4) is 5.88 Å². The average Bonchev–Trinajstić information content (AvgIpc) is 2.32. The maximum absolute atomic E-state index is 5.82. The van der Waals surface area contributed by atoms with E-state index in [0.717, 1.165) is 5.56 Å². The van der Waals surface area contributed by atoms with E-state index >= 15 is 0 Å². The van der Waals surface area contributed by atoms with E-state index in [9.17, 15) is 0 Å². The van der Waals surface area contributed by atoms with Gasteiger partial charge in [0.25, 0.3) is 0 Å². The van der Waals surface area contributed by atoms with Gasteiger partial charge in [-0.25, -0.2) is 9.97 Å². The predicted molar refractivity (Wildman–Crippen MR) is 65.5 cm³/mol. The Labute approximate surface area is 107 Å². The summed E-state index contributed by atoms with van der Waals surface area (Å²) in [6, 6.07) is 9.84. The third-order valence-corrected chi connectivity index (χ3v) is 3.16. The first-order valence-electron chi connectivity index (χ1n) is 4.60. The molecule has 5 heteroatoms. The van der Waals surface area contributed by atoms with Crippen molar-refractivity contribution < 1.29 is 4.74 Å². The van der Waals surface area contributed by atoms with Crippen LogP contribution in [0.3, 0.4) is 0 Å². The van der Waals surface area contributed by atoms with Crippen molar-refractivity contribution in [2.24, 2.45) is 0 Å². The molecule has 0 saturated heterocycles. The fourth-order valence-electron chi connectivity index (χ4n) is 1.16. The molecule has 0 bridgehead atoms. The Morgan fingerprint density at radius 2 is 1.94 bits per heavy atom. The number of benzene rings is 1. The molecule has 0 atom stereocenters. The Bertz CT molecular complexity index is 479. The van der Waals surface area contributed by atoms with Gasteiger partial charge in [-0.3, -0.25) is 0 Å². The highest BCUT2D eigenvalue weighted by Gasteiger charge is 2.07. The van der Waals surface area contributed by atoms with Gasteiger partial charge < -0.3 is 4.74 Å². The summed E-state index contributed by atoms with van der Waals surface area (Å²) < 4.78 is 6.10. The van der Waals surface area contributed by atoms with Crippen LogP contribution in [0.5, 0.6) is 5.88 Å². The highest BCUT2D eigenvalue weighted by Crippen LogP contribution is 2.28. The first kappa shape index (κ1) is 11.4. The van der Waals surface area contributed by atoms with Gasteiger partial charge >= 0.3 is 0 Å². The van der Waals surface area contributed by atoms with Crippen LogP contribution in [-0.2, 0) is 6.61 Å². The Kier molecular flexibility index (Phi) is 3.74. The van der Waals surface area contributed by atoms with Gasteiger partial charge in [-0.15, -0.1) is 0 Å². The summed E-state index contributed by atoms with van der Waals surface area (Å²) in [5.41, 5.74) is 1.07. The summed E-state index contributed by atoms with van der Waals surface area (Å²) in [6.07, 6.45) is 1.37. The Morgan fingerprint density at radius 3 is 2.69 bits per heavy atom. The summed E-state index contributed by atoms with van der Waals surface area (Å²) >= 11 is 9.09. The summed E-state index contributed by atoms with van der Waals surface area (Å²) in [5.74, 6) is 0.448. The highest BCUT2D eigenvalue weighted by atomic mass is 79.9. The van der Waals surface area contributed by atoms with Crippen LogP contribution in [0, 0.1) is 0 Å². The molecule has 0 spiro atoms. The quantitative estimate of drug-likeness (QED) is 0.814. The molecule has 16 heavy (non-hydrogen) atoms. The summed E-state index contributed by atoms with van der Waals surface area (Å²) in [6.45, 7) is 0.451. The van der Waals surface area contributed by atoms with Crippen molar-refractivity contribution in [3.63, 3.8) is 0 Å². The molecule has 0 N–H and O–H groups in total. The van der Waals surface area contributed by atoms with Crippen molar-refractivity contribution in [3.05, 3.63) is 51.8 Å². The lowest BCUT2D eigenvalue weighted by atomic mass is 10.2. The predicted octanol–water partition coefficient (Wildman–Crippen LogP) is 3.47. The van der Waals surface area contributed by atoms with Crippen LogP contribution in [0.25, 0.3) is 0 Å². The number of nitrogens with zero attached hydrogens (tertiary/aromatic N) is 2. The normalized spacial score (nSPS) is 10.1. The van der Waals surface area contributed by atoms with E-state index < -0.39 is 0 Å². The molecule has 2 aromatic rings. The first-order valence-corrected chi connectivity index (χ1v) is 5.77. The van der Waals surface area contributed by atoms with Crippen LogP contribution in [0.15, 0.2) is 41.1 Å². The summed E-state index contributed by atoms with van der Waals surface area (Å²) in [7, 11) is 0. The molecule has 0 aliphatic carbocycles. The number of halogens is 2. The van der Waals surface area contributed by atoms with E-state index in [1.54, 1.807) is 0 Å². The van der Waals surface area contributed by atoms with Gasteiger partial charge in [0.15, 0.2) is 5.15 Å². The topological polar surface area (TPSA) is 35.0 Å². The van der Waals surface area contributed by atoms with E-state index in [0.29, 0.717) is 22.1 Å². The first-order chi connectivity index (χ1) is 7.77. The van der Waals surface area contributed by atoms with Crippen LogP contribution in [0.1, 0.15) is 5.56 Å². The zero-order valence-electron chi connectivity index (χ0n) is 8.23. The molecule has 0 saturated carbocycles. The number of hydrogen-bond donors (Lipinski definition) is 0. The van der Waals surface area contributed by atoms with Gasteiger partial charge in [-0.2, -0.15) is 0 Å². The van der Waals surface area contributed by atoms with Crippen molar-refractivity contribution in [1.82, 2.24) is 9.97 Å². The van der Waals surface area contributed by atoms with Gasteiger partial charge in [0, 0.05) is 0 Å². The molecule has 1 aromatic heterocycles. The minimum absolute atomic E-state index is 0.345. The zero-order valence-corrected chi connectivity index (χ0v) is 10.6. The van der Waals surface area contributed by atoms with Crippen molar-refractivity contribution in [1.29, 1.82) is 0 Å². The Balaban J connectivity index is 2.08. The molecule has 2 rings (SSSR count). The van der Waals surface area contributed by atoms with E-state index in [1.807, 2.05) is 30.3 Å². The minimum Gasteiger partial charge on any atom is -0.472 e. The molecular weight excluding hydrogens is 291 g/mol. The lowest BCUT2D eigenvalue weighted by Crippen LogP contribution is -1.98. The molecule has 0 amide bonds. The largest absolute Gasteiger partial charge is 0.472 e. The minimum atomic E-state index is 0.345. The molecule has 3 nitrogen and oxygen atoms in total. The van der Waals surface area contributed by atoms with E-state index in [4.69, 9.17) is 16.3 Å². The van der Waals surface area contributed by atoms with Crippen LogP contribution >= 0.6 is 27.5 Å². The lowest BCUT2D eigenvalue weighted by molar-refractivity contribution is 0.291. The van der Waals surface area contributed by atoms with Crippen molar-refractivity contribution >= 4 is 27.5 Å². The molecular formula is C11H8BrClN2O. The SMILES string of the molecule is Clc1ncnc(OCc2ccccc2)c1Br. The van der Waals surface area contributed by atoms with Gasteiger partial charge in [-0.1, -0.05) is 41.9 Å². The van der Waals surface area contributed by atoms with E-state index in [1.165, 1.54) is 6.33 Å². The second-order valence-electron chi connectivity index (χ2n) is 3.06. The average molecular weight is 300 g/mol. The highest BCUT2D eigenvalue weighted by molar-refractivity contribution is 9.10. The standard InChI is InChI=1S/C11H8BrClN2O/c12-9-10(13)14-7-15-11(9)16-6-8-4-2-1-3-5-8/h1-5,7H,6H2. The Hall–Kier alpha value is -1.13. The fourth-order valence-corrected chi connectivity index (χ4v) is 1.60. The number of rotatable bonds is 3. The number of ether oxygens (including phenoxy) is 1. The lowest BCUT2D eigenvalue weighted by Gasteiger charge is -2.06. The van der Waals surface area contributed by atoms with Gasteiger partial charge in [-0.05, 0) is 21.5 Å². The smallest absolute Gasteiger partial charge is 0.233 e. The van der Waals surface area contributed by atoms with Crippen molar-refractivity contribution in [2.75, 3.05) is 0 Å². The van der Waals surface area contributed by atoms with Crippen LogP contribution < -0.4 is 4.74 Å². The van der Waals surface area contributed by atoms with Gasteiger partial charge in [0.05, 0.1) is 0 Å². The maximum Gasteiger partial charge on any atom is 0.233 e. The number of aromatic nitrogens is 2. The molecule has 0 aliphatic heterocycles. The molecule has 0 fully saturated rings. The molecule has 0 aliphatic rings. The monoisotopic (exact) mass is 298 g/mol. The third-order valence-electron chi connectivity index (χ3n) is 1.93. The van der Waals surface area contributed by atoms with E-state index in [-0.39, 0.29) is 0 Å². The Morgan fingerprint density at radius 1 is 1.19 bits per heavy atom. The third kappa shape index (κ3) is 2.71. The summed E-state index contributed by atoms with van der Waals surface area (Å²) in [5, 5.41) is 0.345. The van der Waals surface area contributed by atoms with Crippen molar-refractivity contribution in [2.45, 2.75) is 6.61 Å². The molecule has 0 radical (unpaired) electrons. The van der Waals surface area contributed by atoms with Gasteiger partial charge in [0.1, 0.15) is 17.4 Å². The zero-order chi connectivity index (χ0) is 11.4. The molecule has 0 unspecified atom stereocenters. The van der Waals surface area contributed by atoms with Crippen LogP contribution in [-0.4, -0.2) is 9.97 Å². The molecule has 82 valence electrons. The van der Waals surface area contributed by atoms with Crippen LogP contribution in [0.4, 0.5) is 0 Å². The molecule has 1 aromatic carbocycles. The maximum atomic E-state index is 5.82. The second-order valence-corrected chi connectivity index (χ2v) is 4.21. The van der Waals surface area contributed by atoms with Gasteiger partial charge in [0.2, 0.25) is 5.88 Å². The van der Waals surface area contributed by atoms with E-state index in [2.05, 4.69) is 25.9 Å². The second kappa shape index (κ2) is 5.27. The fraction of sp³-hybridized carbons (Fsp3) is 0.0909. The molecule has 1 heterocycles.